The van der Waals surface area contributed by atoms with Crippen LogP contribution in [0.25, 0.3) is 0 Å². The van der Waals surface area contributed by atoms with E-state index in [-0.39, 0.29) is 34.8 Å². The molecule has 2 rings (SSSR count). The van der Waals surface area contributed by atoms with Gasteiger partial charge in [-0.25, -0.2) is 0 Å². The Hall–Kier alpha value is -1.76. The van der Waals surface area contributed by atoms with Gasteiger partial charge in [-0.15, -0.1) is 0 Å². The summed E-state index contributed by atoms with van der Waals surface area (Å²) >= 11 is 6.66. The van der Waals surface area contributed by atoms with Crippen molar-refractivity contribution in [1.29, 1.82) is 0 Å². The van der Waals surface area contributed by atoms with E-state index in [4.69, 9.17) is 0 Å². The van der Waals surface area contributed by atoms with Crippen molar-refractivity contribution in [3.05, 3.63) is 35.9 Å². The number of carbonyl (C=O) groups excluding carboxylic acids is 4. The van der Waals surface area contributed by atoms with Crippen molar-refractivity contribution in [2.45, 2.75) is 73.1 Å². The largest absolute Gasteiger partial charge is 0.475 e. The first-order chi connectivity index (χ1) is 16.7. The van der Waals surface area contributed by atoms with Crippen LogP contribution in [0.1, 0.15) is 50.5 Å². The molecular formula is C23H32BBr2N3O6. The highest BCUT2D eigenvalue weighted by Gasteiger charge is 2.39. The van der Waals surface area contributed by atoms with Crippen LogP contribution >= 0.6 is 31.9 Å². The van der Waals surface area contributed by atoms with Gasteiger partial charge in [0.25, 0.3) is 0 Å². The van der Waals surface area contributed by atoms with Crippen molar-refractivity contribution in [1.82, 2.24) is 15.5 Å². The lowest BCUT2D eigenvalue weighted by Crippen LogP contribution is -2.56. The summed E-state index contributed by atoms with van der Waals surface area (Å²) < 4.78 is -0.0356. The molecule has 3 unspecified atom stereocenters. The maximum atomic E-state index is 13.5. The van der Waals surface area contributed by atoms with Crippen LogP contribution in [0.5, 0.6) is 0 Å². The number of benzene rings is 1. The van der Waals surface area contributed by atoms with Crippen LogP contribution in [0.15, 0.2) is 30.3 Å². The highest BCUT2D eigenvalue weighted by Crippen LogP contribution is 2.21. The molecule has 1 fully saturated rings. The Bertz CT molecular complexity index is 846. The summed E-state index contributed by atoms with van der Waals surface area (Å²) in [6, 6.07) is 7.65. The van der Waals surface area contributed by atoms with Gasteiger partial charge >= 0.3 is 7.12 Å². The molecule has 35 heavy (non-hydrogen) atoms. The fraction of sp³-hybridized carbons (Fsp3) is 0.565. The topological polar surface area (TPSA) is 136 Å². The number of hydrogen-bond donors (Lipinski definition) is 4. The van der Waals surface area contributed by atoms with Gasteiger partial charge in [0.1, 0.15) is 18.4 Å². The minimum absolute atomic E-state index is 0.0356. The van der Waals surface area contributed by atoms with E-state index in [1.807, 2.05) is 30.3 Å². The van der Waals surface area contributed by atoms with Crippen LogP contribution in [0, 0.1) is 0 Å². The first-order valence-electron chi connectivity index (χ1n) is 11.7. The lowest BCUT2D eigenvalue weighted by atomic mass is 9.76. The molecule has 9 nitrogen and oxygen atoms in total. The van der Waals surface area contributed by atoms with E-state index in [2.05, 4.69) is 42.5 Å². The minimum Gasteiger partial charge on any atom is -0.426 e. The summed E-state index contributed by atoms with van der Waals surface area (Å²) in [6.07, 6.45) is 3.72. The zero-order valence-electron chi connectivity index (χ0n) is 19.4. The number of unbranched alkanes of at least 4 members (excludes halogenated alkanes) is 1. The number of nitrogens with one attached hydrogen (secondary N) is 2. The molecule has 3 amide bonds. The number of aldehydes is 1. The first-order valence-corrected chi connectivity index (χ1v) is 13.6. The quantitative estimate of drug-likeness (QED) is 0.108. The molecule has 1 aliphatic heterocycles. The molecule has 0 saturated carbocycles. The van der Waals surface area contributed by atoms with Crippen LogP contribution in [-0.2, 0) is 25.6 Å². The second-order valence-corrected chi connectivity index (χ2v) is 12.0. The molecule has 1 aromatic rings. The second kappa shape index (κ2) is 15.4. The molecule has 0 spiro atoms. The number of halogens is 2. The van der Waals surface area contributed by atoms with Crippen LogP contribution in [0.2, 0.25) is 0 Å². The lowest BCUT2D eigenvalue weighted by molar-refractivity contribution is -0.141. The normalized spacial score (nSPS) is 17.1. The highest BCUT2D eigenvalue weighted by molar-refractivity contribution is 9.24. The Balaban J connectivity index is 2.12. The number of carbonyl (C=O) groups is 4. The number of alkyl halides is 2. The fourth-order valence-electron chi connectivity index (χ4n) is 4.05. The van der Waals surface area contributed by atoms with Crippen molar-refractivity contribution in [2.75, 3.05) is 6.54 Å². The van der Waals surface area contributed by atoms with E-state index in [1.54, 1.807) is 0 Å². The molecule has 0 aliphatic carbocycles. The van der Waals surface area contributed by atoms with Crippen molar-refractivity contribution in [3.63, 3.8) is 0 Å². The van der Waals surface area contributed by atoms with Gasteiger partial charge in [0, 0.05) is 25.8 Å². The van der Waals surface area contributed by atoms with Gasteiger partial charge < -0.3 is 30.4 Å². The summed E-state index contributed by atoms with van der Waals surface area (Å²) in [4.78, 5) is 51.0. The predicted octanol–water partition coefficient (Wildman–Crippen LogP) is 1.47. The maximum absolute atomic E-state index is 13.5. The Morgan fingerprint density at radius 3 is 2.49 bits per heavy atom. The van der Waals surface area contributed by atoms with Crippen molar-refractivity contribution < 1.29 is 29.2 Å². The number of likely N-dealkylation sites (tertiary alicyclic amines) is 1. The molecule has 0 bridgehead atoms. The zero-order chi connectivity index (χ0) is 25.8. The van der Waals surface area contributed by atoms with Gasteiger partial charge in [-0.05, 0) is 37.7 Å². The van der Waals surface area contributed by atoms with Crippen molar-refractivity contribution in [3.8, 4) is 0 Å². The fourth-order valence-corrected chi connectivity index (χ4v) is 4.57. The predicted molar refractivity (Wildman–Crippen MR) is 140 cm³/mol. The Morgan fingerprint density at radius 2 is 1.86 bits per heavy atom. The Morgan fingerprint density at radius 1 is 1.14 bits per heavy atom. The van der Waals surface area contributed by atoms with Gasteiger partial charge in [-0.1, -0.05) is 62.2 Å². The highest BCUT2D eigenvalue weighted by atomic mass is 79.9. The molecule has 4 N–H and O–H groups in total. The summed E-state index contributed by atoms with van der Waals surface area (Å²) in [5.74, 6) is -2.03. The van der Waals surface area contributed by atoms with Gasteiger partial charge in [0.15, 0.2) is 0 Å². The molecule has 192 valence electrons. The van der Waals surface area contributed by atoms with Crippen LogP contribution in [0.4, 0.5) is 0 Å². The van der Waals surface area contributed by atoms with Gasteiger partial charge in [-0.2, -0.15) is 0 Å². The molecule has 12 heteroatoms. The molecule has 1 aromatic carbocycles. The number of hydrogen-bond acceptors (Lipinski definition) is 6. The Labute approximate surface area is 222 Å². The molecule has 1 saturated heterocycles. The molecule has 1 heterocycles. The second-order valence-electron chi connectivity index (χ2n) is 8.56. The first kappa shape index (κ1) is 29.5. The van der Waals surface area contributed by atoms with E-state index in [9.17, 15) is 29.2 Å². The molecule has 0 radical (unpaired) electrons. The van der Waals surface area contributed by atoms with Gasteiger partial charge in [0.2, 0.25) is 17.7 Å². The third-order valence-electron chi connectivity index (χ3n) is 5.86. The van der Waals surface area contributed by atoms with Crippen LogP contribution in [0.3, 0.4) is 0 Å². The number of amides is 3. The summed E-state index contributed by atoms with van der Waals surface area (Å²) in [7, 11) is -1.74. The van der Waals surface area contributed by atoms with Gasteiger partial charge in [0.05, 0.1) is 9.68 Å². The van der Waals surface area contributed by atoms with Crippen molar-refractivity contribution >= 4 is 63.0 Å². The zero-order valence-corrected chi connectivity index (χ0v) is 22.6. The van der Waals surface area contributed by atoms with Crippen LogP contribution < -0.4 is 10.6 Å². The van der Waals surface area contributed by atoms with E-state index >= 15 is 0 Å². The standard InChI is InChI=1S/C23H32BBr2N3O6/c25-20(26)12-11-19(24(34)35)28-22(32)18-9-6-13-29(18)23(33)17(15-16-7-2-1-3-8-16)27-21(31)10-4-5-14-30/h1-3,7-8,14,17-20,34-35H,4-6,9-13,15H2,(H,27,31)(H,28,32). The number of rotatable bonds is 14. The molecule has 1 aliphatic rings. The van der Waals surface area contributed by atoms with E-state index in [0.29, 0.717) is 38.6 Å². The summed E-state index contributed by atoms with van der Waals surface area (Å²) in [5, 5.41) is 24.8. The number of nitrogens with zero attached hydrogens (tertiary/aromatic N) is 1. The van der Waals surface area contributed by atoms with E-state index < -0.39 is 31.1 Å². The molecule has 0 aromatic heterocycles. The van der Waals surface area contributed by atoms with Crippen LogP contribution in [-0.4, -0.2) is 74.4 Å². The summed E-state index contributed by atoms with van der Waals surface area (Å²) in [5.41, 5.74) is 0.863. The van der Waals surface area contributed by atoms with Crippen molar-refractivity contribution in [2.24, 2.45) is 0 Å². The smallest absolute Gasteiger partial charge is 0.426 e. The van der Waals surface area contributed by atoms with E-state index in [1.165, 1.54) is 4.90 Å². The minimum atomic E-state index is -1.74. The third-order valence-corrected chi connectivity index (χ3v) is 6.78. The maximum Gasteiger partial charge on any atom is 0.475 e. The molecular weight excluding hydrogens is 585 g/mol. The van der Waals surface area contributed by atoms with E-state index in [0.717, 1.165) is 11.8 Å². The molecule has 3 atom stereocenters. The van der Waals surface area contributed by atoms with Gasteiger partial charge in [-0.3, -0.25) is 14.4 Å². The average molecular weight is 617 g/mol. The lowest BCUT2D eigenvalue weighted by Gasteiger charge is -2.30. The SMILES string of the molecule is O=CCCCC(=O)NC(Cc1ccccc1)C(=O)N1CCCC1C(=O)NC(CCC(Br)Br)B(O)O. The average Bonchev–Trinajstić information content (AvgIpc) is 3.31. The summed E-state index contributed by atoms with van der Waals surface area (Å²) in [6.45, 7) is 0.362. The monoisotopic (exact) mass is 615 g/mol. The third kappa shape index (κ3) is 10.0. The Kier molecular flexibility index (Phi) is 12.9.